The molecule has 4 heteroatoms. The van der Waals surface area contributed by atoms with E-state index >= 15 is 0 Å². The first kappa shape index (κ1) is 8.33. The SMILES string of the molecule is CN1C(=O)OCC1(C)CCN. The number of carbonyl (C=O) groups is 1. The van der Waals surface area contributed by atoms with Gasteiger partial charge in [0, 0.05) is 7.05 Å². The van der Waals surface area contributed by atoms with Gasteiger partial charge >= 0.3 is 6.09 Å². The molecule has 1 unspecified atom stereocenters. The van der Waals surface area contributed by atoms with Gasteiger partial charge in [0.2, 0.25) is 0 Å². The predicted octanol–water partition coefficient (Wildman–Crippen LogP) is 0.176. The molecule has 0 spiro atoms. The summed E-state index contributed by atoms with van der Waals surface area (Å²) in [5.41, 5.74) is 5.22. The summed E-state index contributed by atoms with van der Waals surface area (Å²) in [6, 6.07) is 0. The molecule has 1 aliphatic heterocycles. The number of likely N-dealkylation sites (N-methyl/N-ethyl adjacent to an activating group) is 1. The van der Waals surface area contributed by atoms with Gasteiger partial charge in [-0.25, -0.2) is 4.79 Å². The van der Waals surface area contributed by atoms with Gasteiger partial charge in [0.25, 0.3) is 0 Å². The van der Waals surface area contributed by atoms with Crippen LogP contribution in [0.5, 0.6) is 0 Å². The van der Waals surface area contributed by atoms with E-state index in [-0.39, 0.29) is 11.6 Å². The van der Waals surface area contributed by atoms with Crippen molar-refractivity contribution < 1.29 is 9.53 Å². The Kier molecular flexibility index (Phi) is 2.04. The van der Waals surface area contributed by atoms with E-state index in [1.54, 1.807) is 11.9 Å². The minimum absolute atomic E-state index is 0.189. The van der Waals surface area contributed by atoms with Crippen LogP contribution in [-0.2, 0) is 4.74 Å². The molecule has 2 N–H and O–H groups in total. The number of hydrogen-bond acceptors (Lipinski definition) is 3. The number of ether oxygens (including phenoxy) is 1. The molecule has 0 aromatic carbocycles. The molecule has 1 amide bonds. The van der Waals surface area contributed by atoms with Gasteiger partial charge < -0.3 is 15.4 Å². The highest BCUT2D eigenvalue weighted by atomic mass is 16.6. The van der Waals surface area contributed by atoms with Gasteiger partial charge in [-0.05, 0) is 19.9 Å². The molecule has 0 bridgehead atoms. The number of nitrogens with zero attached hydrogens (tertiary/aromatic N) is 1. The van der Waals surface area contributed by atoms with E-state index in [1.165, 1.54) is 0 Å². The Morgan fingerprint density at radius 1 is 1.82 bits per heavy atom. The summed E-state index contributed by atoms with van der Waals surface area (Å²) in [6.07, 6.45) is 0.538. The molecule has 11 heavy (non-hydrogen) atoms. The van der Waals surface area contributed by atoms with Crippen LogP contribution < -0.4 is 5.73 Å². The van der Waals surface area contributed by atoms with Crippen LogP contribution in [-0.4, -0.2) is 36.7 Å². The Labute approximate surface area is 66.3 Å². The third-order valence-corrected chi connectivity index (χ3v) is 2.27. The summed E-state index contributed by atoms with van der Waals surface area (Å²) in [6.45, 7) is 3.02. The summed E-state index contributed by atoms with van der Waals surface area (Å²) < 4.78 is 4.86. The largest absolute Gasteiger partial charge is 0.447 e. The van der Waals surface area contributed by atoms with Crippen LogP contribution in [0.1, 0.15) is 13.3 Å². The highest BCUT2D eigenvalue weighted by Crippen LogP contribution is 2.24. The van der Waals surface area contributed by atoms with Crippen molar-refractivity contribution >= 4 is 6.09 Å². The first-order chi connectivity index (χ1) is 5.10. The van der Waals surface area contributed by atoms with Crippen LogP contribution in [0, 0.1) is 0 Å². The Bertz CT molecular complexity index is 172. The number of nitrogens with two attached hydrogens (primary N) is 1. The lowest BCUT2D eigenvalue weighted by Crippen LogP contribution is -2.43. The Hall–Kier alpha value is -0.770. The quantitative estimate of drug-likeness (QED) is 0.623. The van der Waals surface area contributed by atoms with Crippen LogP contribution in [0.25, 0.3) is 0 Å². The molecule has 1 aliphatic rings. The molecular weight excluding hydrogens is 144 g/mol. The smallest absolute Gasteiger partial charge is 0.410 e. The van der Waals surface area contributed by atoms with Crippen molar-refractivity contribution in [2.75, 3.05) is 20.2 Å². The van der Waals surface area contributed by atoms with Crippen molar-refractivity contribution in [3.63, 3.8) is 0 Å². The van der Waals surface area contributed by atoms with Crippen LogP contribution in [0.3, 0.4) is 0 Å². The summed E-state index contributed by atoms with van der Waals surface area (Å²) in [4.78, 5) is 12.5. The number of rotatable bonds is 2. The molecule has 1 rings (SSSR count). The topological polar surface area (TPSA) is 55.6 Å². The summed E-state index contributed by atoms with van der Waals surface area (Å²) in [7, 11) is 1.74. The second-order valence-electron chi connectivity index (χ2n) is 3.15. The Morgan fingerprint density at radius 3 is 2.82 bits per heavy atom. The van der Waals surface area contributed by atoms with Crippen LogP contribution >= 0.6 is 0 Å². The first-order valence-corrected chi connectivity index (χ1v) is 3.71. The molecule has 0 saturated carbocycles. The van der Waals surface area contributed by atoms with Crippen molar-refractivity contribution in [1.29, 1.82) is 0 Å². The zero-order valence-corrected chi connectivity index (χ0v) is 6.96. The lowest BCUT2D eigenvalue weighted by Gasteiger charge is -2.27. The second-order valence-corrected chi connectivity index (χ2v) is 3.15. The van der Waals surface area contributed by atoms with E-state index < -0.39 is 0 Å². The normalized spacial score (nSPS) is 30.8. The molecule has 0 aromatic rings. The third kappa shape index (κ3) is 1.30. The van der Waals surface area contributed by atoms with Crippen molar-refractivity contribution in [2.45, 2.75) is 18.9 Å². The highest BCUT2D eigenvalue weighted by molar-refractivity contribution is 5.70. The van der Waals surface area contributed by atoms with E-state index in [1.807, 2.05) is 6.92 Å². The predicted molar refractivity (Wildman–Crippen MR) is 41.2 cm³/mol. The van der Waals surface area contributed by atoms with Crippen molar-refractivity contribution in [2.24, 2.45) is 5.73 Å². The molecule has 0 aromatic heterocycles. The molecule has 1 saturated heterocycles. The molecule has 4 nitrogen and oxygen atoms in total. The highest BCUT2D eigenvalue weighted by Gasteiger charge is 2.40. The minimum Gasteiger partial charge on any atom is -0.447 e. The van der Waals surface area contributed by atoms with E-state index in [0.717, 1.165) is 6.42 Å². The van der Waals surface area contributed by atoms with E-state index in [0.29, 0.717) is 13.2 Å². The molecule has 1 atom stereocenters. The van der Waals surface area contributed by atoms with Gasteiger partial charge in [-0.15, -0.1) is 0 Å². The molecule has 0 aliphatic carbocycles. The standard InChI is InChI=1S/C7H14N2O2/c1-7(3-4-8)5-11-6(10)9(7)2/h3-5,8H2,1-2H3. The van der Waals surface area contributed by atoms with Gasteiger partial charge in [-0.1, -0.05) is 0 Å². The zero-order chi connectivity index (χ0) is 8.48. The van der Waals surface area contributed by atoms with Gasteiger partial charge in [-0.3, -0.25) is 0 Å². The van der Waals surface area contributed by atoms with Gasteiger partial charge in [-0.2, -0.15) is 0 Å². The van der Waals surface area contributed by atoms with Crippen LogP contribution in [0.15, 0.2) is 0 Å². The first-order valence-electron chi connectivity index (χ1n) is 3.71. The molecule has 1 heterocycles. The molecule has 0 radical (unpaired) electrons. The maximum atomic E-state index is 10.9. The van der Waals surface area contributed by atoms with E-state index in [2.05, 4.69) is 0 Å². The lowest BCUT2D eigenvalue weighted by molar-refractivity contribution is 0.162. The lowest BCUT2D eigenvalue weighted by atomic mass is 9.99. The Balaban J connectivity index is 2.64. The summed E-state index contributed by atoms with van der Waals surface area (Å²) >= 11 is 0. The van der Waals surface area contributed by atoms with E-state index in [9.17, 15) is 4.79 Å². The Morgan fingerprint density at radius 2 is 2.45 bits per heavy atom. The number of amides is 1. The maximum absolute atomic E-state index is 10.9. The van der Waals surface area contributed by atoms with Gasteiger partial charge in [0.1, 0.15) is 6.61 Å². The average molecular weight is 158 g/mol. The van der Waals surface area contributed by atoms with Gasteiger partial charge in [0.05, 0.1) is 5.54 Å². The van der Waals surface area contributed by atoms with Crippen molar-refractivity contribution in [1.82, 2.24) is 4.90 Å². The second kappa shape index (κ2) is 2.70. The van der Waals surface area contributed by atoms with Crippen LogP contribution in [0.4, 0.5) is 4.79 Å². The molecule has 64 valence electrons. The number of cyclic esters (lactones) is 1. The number of hydrogen-bond donors (Lipinski definition) is 1. The number of carbonyl (C=O) groups excluding carboxylic acids is 1. The average Bonchev–Trinajstić information content (AvgIpc) is 2.19. The van der Waals surface area contributed by atoms with Crippen LogP contribution in [0.2, 0.25) is 0 Å². The zero-order valence-electron chi connectivity index (χ0n) is 6.96. The molecule has 1 fully saturated rings. The maximum Gasteiger partial charge on any atom is 0.410 e. The van der Waals surface area contributed by atoms with E-state index in [4.69, 9.17) is 10.5 Å². The monoisotopic (exact) mass is 158 g/mol. The van der Waals surface area contributed by atoms with Gasteiger partial charge in [0.15, 0.2) is 0 Å². The minimum atomic E-state index is -0.249. The summed E-state index contributed by atoms with van der Waals surface area (Å²) in [5, 5.41) is 0. The third-order valence-electron chi connectivity index (χ3n) is 2.27. The fraction of sp³-hybridized carbons (Fsp3) is 0.857. The summed E-state index contributed by atoms with van der Waals surface area (Å²) in [5.74, 6) is 0. The fourth-order valence-electron chi connectivity index (χ4n) is 1.18. The molecular formula is C7H14N2O2. The van der Waals surface area contributed by atoms with Crippen molar-refractivity contribution in [3.05, 3.63) is 0 Å². The fourth-order valence-corrected chi connectivity index (χ4v) is 1.18. The van der Waals surface area contributed by atoms with Crippen molar-refractivity contribution in [3.8, 4) is 0 Å².